The third kappa shape index (κ3) is 3.98. The number of likely N-dealkylation sites (N-methyl/N-ethyl adjacent to an activating group) is 1. The average molecular weight is 350 g/mol. The Morgan fingerprint density at radius 3 is 2.50 bits per heavy atom. The Morgan fingerprint density at radius 1 is 1.17 bits per heavy atom. The van der Waals surface area contributed by atoms with Gasteiger partial charge in [0.05, 0.1) is 6.54 Å². The van der Waals surface area contributed by atoms with E-state index in [0.29, 0.717) is 5.69 Å². The fourth-order valence-corrected chi connectivity index (χ4v) is 3.36. The van der Waals surface area contributed by atoms with Crippen LogP contribution in [0.1, 0.15) is 11.1 Å². The van der Waals surface area contributed by atoms with Gasteiger partial charge >= 0.3 is 0 Å². The number of rotatable bonds is 5. The third-order valence-electron chi connectivity index (χ3n) is 3.56. The lowest BCUT2D eigenvalue weighted by atomic mass is 10.1. The summed E-state index contributed by atoms with van der Waals surface area (Å²) in [5.41, 5.74) is 2.47. The summed E-state index contributed by atoms with van der Waals surface area (Å²) in [5, 5.41) is 2.68. The lowest BCUT2D eigenvalue weighted by Crippen LogP contribution is -2.35. The lowest BCUT2D eigenvalue weighted by molar-refractivity contribution is -0.116. The predicted octanol–water partition coefficient (Wildman–Crippen LogP) is 2.70. The van der Waals surface area contributed by atoms with E-state index >= 15 is 0 Å². The van der Waals surface area contributed by atoms with Gasteiger partial charge in [0, 0.05) is 12.7 Å². The van der Waals surface area contributed by atoms with Crippen molar-refractivity contribution < 1.29 is 17.6 Å². The molecule has 2 rings (SSSR count). The first-order chi connectivity index (χ1) is 11.2. The van der Waals surface area contributed by atoms with Gasteiger partial charge in [0.15, 0.2) is 0 Å². The van der Waals surface area contributed by atoms with E-state index in [1.54, 1.807) is 6.07 Å². The molecule has 0 spiro atoms. The van der Waals surface area contributed by atoms with Crippen molar-refractivity contribution in [2.24, 2.45) is 0 Å². The number of carbonyl (C=O) groups excluding carboxylic acids is 1. The van der Waals surface area contributed by atoms with E-state index < -0.39 is 33.2 Å². The van der Waals surface area contributed by atoms with Crippen molar-refractivity contribution in [1.29, 1.82) is 0 Å². The summed E-state index contributed by atoms with van der Waals surface area (Å²) in [4.78, 5) is 11.7. The molecule has 0 aromatic heterocycles. The fourth-order valence-electron chi connectivity index (χ4n) is 2.17. The quantitative estimate of drug-likeness (QED) is 0.902. The number of benzene rings is 2. The van der Waals surface area contributed by atoms with Crippen molar-refractivity contribution in [3.63, 3.8) is 0 Å². The number of nitrogens with one attached hydrogen (secondary N) is 1. The molecule has 1 N–H and O–H groups in total. The van der Waals surface area contributed by atoms with E-state index in [0.717, 1.165) is 21.5 Å². The number of carbonyl (C=O) groups is 1. The number of anilines is 1. The van der Waals surface area contributed by atoms with Gasteiger partial charge in [-0.3, -0.25) is 4.79 Å². The number of halogens is 1. The van der Waals surface area contributed by atoms with Gasteiger partial charge in [0.1, 0.15) is 10.7 Å². The van der Waals surface area contributed by atoms with Gasteiger partial charge in [0.25, 0.3) is 0 Å². The molecule has 0 saturated carbocycles. The number of hydrogen-bond donors (Lipinski definition) is 1. The molecule has 0 heterocycles. The van der Waals surface area contributed by atoms with Gasteiger partial charge in [-0.1, -0.05) is 24.3 Å². The molecule has 5 nitrogen and oxygen atoms in total. The molecule has 0 saturated heterocycles. The highest BCUT2D eigenvalue weighted by molar-refractivity contribution is 7.89. The molecule has 0 fully saturated rings. The SMILES string of the molecule is Cc1ccc(C)c(NC(=O)CN(C)S(=O)(=O)c2ccccc2F)c1. The molecule has 7 heteroatoms. The molecule has 0 radical (unpaired) electrons. The van der Waals surface area contributed by atoms with Gasteiger partial charge in [-0.25, -0.2) is 12.8 Å². The molecule has 24 heavy (non-hydrogen) atoms. The summed E-state index contributed by atoms with van der Waals surface area (Å²) in [6.07, 6.45) is 0. The molecule has 0 aliphatic rings. The van der Waals surface area contributed by atoms with Gasteiger partial charge < -0.3 is 5.32 Å². The first kappa shape index (κ1) is 18.1. The maximum absolute atomic E-state index is 13.7. The Labute approximate surface area is 141 Å². The van der Waals surface area contributed by atoms with Crippen LogP contribution in [0, 0.1) is 19.7 Å². The first-order valence-electron chi connectivity index (χ1n) is 7.30. The van der Waals surface area contributed by atoms with E-state index in [-0.39, 0.29) is 0 Å². The summed E-state index contributed by atoms with van der Waals surface area (Å²) < 4.78 is 39.3. The Bertz CT molecular complexity index is 866. The van der Waals surface area contributed by atoms with Crippen LogP contribution in [0.4, 0.5) is 10.1 Å². The summed E-state index contributed by atoms with van der Waals surface area (Å²) in [6.45, 7) is 3.32. The molecule has 0 aliphatic carbocycles. The first-order valence-corrected chi connectivity index (χ1v) is 8.74. The fraction of sp³-hybridized carbons (Fsp3) is 0.235. The zero-order valence-electron chi connectivity index (χ0n) is 13.7. The molecule has 1 amide bonds. The minimum Gasteiger partial charge on any atom is -0.325 e. The highest BCUT2D eigenvalue weighted by Gasteiger charge is 2.25. The van der Waals surface area contributed by atoms with Crippen LogP contribution in [-0.4, -0.2) is 32.2 Å². The topological polar surface area (TPSA) is 66.5 Å². The number of amides is 1. The molecule has 128 valence electrons. The van der Waals surface area contributed by atoms with Crippen molar-refractivity contribution in [2.75, 3.05) is 18.9 Å². The summed E-state index contributed by atoms with van der Waals surface area (Å²) >= 11 is 0. The van der Waals surface area contributed by atoms with Crippen LogP contribution in [0.5, 0.6) is 0 Å². The Morgan fingerprint density at radius 2 is 1.83 bits per heavy atom. The third-order valence-corrected chi connectivity index (χ3v) is 5.39. The van der Waals surface area contributed by atoms with Gasteiger partial charge in [0.2, 0.25) is 15.9 Å². The molecule has 2 aromatic carbocycles. The zero-order valence-corrected chi connectivity index (χ0v) is 14.5. The Kier molecular flexibility index (Phi) is 5.36. The number of hydrogen-bond acceptors (Lipinski definition) is 3. The van der Waals surface area contributed by atoms with E-state index in [1.807, 2.05) is 26.0 Å². The van der Waals surface area contributed by atoms with Gasteiger partial charge in [-0.2, -0.15) is 4.31 Å². The monoisotopic (exact) mass is 350 g/mol. The summed E-state index contributed by atoms with van der Waals surface area (Å²) in [6, 6.07) is 10.7. The van der Waals surface area contributed by atoms with Gasteiger partial charge in [-0.05, 0) is 43.2 Å². The van der Waals surface area contributed by atoms with E-state index in [2.05, 4.69) is 5.32 Å². The second-order valence-electron chi connectivity index (χ2n) is 5.56. The predicted molar refractivity (Wildman–Crippen MR) is 90.8 cm³/mol. The number of nitrogens with zero attached hydrogens (tertiary/aromatic N) is 1. The smallest absolute Gasteiger partial charge is 0.246 e. The molecule has 0 bridgehead atoms. The highest BCUT2D eigenvalue weighted by atomic mass is 32.2. The summed E-state index contributed by atoms with van der Waals surface area (Å²) in [5.74, 6) is -1.34. The highest BCUT2D eigenvalue weighted by Crippen LogP contribution is 2.19. The van der Waals surface area contributed by atoms with Crippen molar-refractivity contribution in [3.8, 4) is 0 Å². The van der Waals surface area contributed by atoms with Crippen molar-refractivity contribution >= 4 is 21.6 Å². The second-order valence-corrected chi connectivity index (χ2v) is 7.57. The normalized spacial score (nSPS) is 11.5. The van der Waals surface area contributed by atoms with E-state index in [4.69, 9.17) is 0 Å². The minimum atomic E-state index is -4.08. The van der Waals surface area contributed by atoms with Gasteiger partial charge in [-0.15, -0.1) is 0 Å². The summed E-state index contributed by atoms with van der Waals surface area (Å²) in [7, 11) is -2.84. The molecular weight excluding hydrogens is 331 g/mol. The van der Waals surface area contributed by atoms with Crippen molar-refractivity contribution in [2.45, 2.75) is 18.7 Å². The molecular formula is C17H19FN2O3S. The van der Waals surface area contributed by atoms with Crippen LogP contribution in [0.2, 0.25) is 0 Å². The van der Waals surface area contributed by atoms with Crippen LogP contribution in [-0.2, 0) is 14.8 Å². The van der Waals surface area contributed by atoms with Crippen LogP contribution in [0.15, 0.2) is 47.4 Å². The largest absolute Gasteiger partial charge is 0.325 e. The average Bonchev–Trinajstić information content (AvgIpc) is 2.51. The van der Waals surface area contributed by atoms with Crippen LogP contribution in [0.25, 0.3) is 0 Å². The van der Waals surface area contributed by atoms with E-state index in [1.165, 1.54) is 25.2 Å². The van der Waals surface area contributed by atoms with Crippen molar-refractivity contribution in [3.05, 3.63) is 59.4 Å². The molecule has 0 atom stereocenters. The molecule has 0 unspecified atom stereocenters. The Balaban J connectivity index is 2.14. The van der Waals surface area contributed by atoms with Crippen molar-refractivity contribution in [1.82, 2.24) is 4.31 Å². The molecule has 2 aromatic rings. The minimum absolute atomic E-state index is 0.413. The van der Waals surface area contributed by atoms with E-state index in [9.17, 15) is 17.6 Å². The maximum Gasteiger partial charge on any atom is 0.246 e. The van der Waals surface area contributed by atoms with Crippen LogP contribution < -0.4 is 5.32 Å². The second kappa shape index (κ2) is 7.11. The Hall–Kier alpha value is -2.25. The maximum atomic E-state index is 13.7. The molecule has 0 aliphatic heterocycles. The standard InChI is InChI=1S/C17H19FN2O3S/c1-12-8-9-13(2)15(10-12)19-17(21)11-20(3)24(22,23)16-7-5-4-6-14(16)18/h4-10H,11H2,1-3H3,(H,19,21). The number of aryl methyl sites for hydroxylation is 2. The number of sulfonamides is 1. The lowest BCUT2D eigenvalue weighted by Gasteiger charge is -2.18. The van der Waals surface area contributed by atoms with Crippen LogP contribution in [0.3, 0.4) is 0 Å². The zero-order chi connectivity index (χ0) is 17.9. The van der Waals surface area contributed by atoms with Crippen LogP contribution >= 0.6 is 0 Å².